The summed E-state index contributed by atoms with van der Waals surface area (Å²) in [5, 5.41) is 13.5. The molecule has 0 fully saturated rings. The molecule has 0 aliphatic rings. The SMILES string of the molecule is CCC(C)C(CO)NC(=O)CCc1cn(C)c2ccccc12. The lowest BCUT2D eigenvalue weighted by molar-refractivity contribution is -0.122. The molecule has 2 rings (SSSR count). The molecule has 2 unspecified atom stereocenters. The Morgan fingerprint density at radius 1 is 1.36 bits per heavy atom. The van der Waals surface area contributed by atoms with Crippen LogP contribution in [0.3, 0.4) is 0 Å². The zero-order valence-electron chi connectivity index (χ0n) is 13.7. The standard InChI is InChI=1S/C18H26N2O2/c1-4-13(2)16(12-21)19-18(22)10-9-14-11-20(3)17-8-6-5-7-15(14)17/h5-8,11,13,16,21H,4,9-10,12H2,1-3H3,(H,19,22). The van der Waals surface area contributed by atoms with Crippen LogP contribution in [0.15, 0.2) is 30.5 Å². The summed E-state index contributed by atoms with van der Waals surface area (Å²) in [5.41, 5.74) is 2.38. The molecule has 120 valence electrons. The molecule has 1 aromatic carbocycles. The van der Waals surface area contributed by atoms with Crippen molar-refractivity contribution in [3.05, 3.63) is 36.0 Å². The van der Waals surface area contributed by atoms with E-state index >= 15 is 0 Å². The van der Waals surface area contributed by atoms with E-state index in [1.165, 1.54) is 16.5 Å². The third-order valence-electron chi connectivity index (χ3n) is 4.47. The van der Waals surface area contributed by atoms with E-state index in [4.69, 9.17) is 0 Å². The van der Waals surface area contributed by atoms with Gasteiger partial charge in [-0.1, -0.05) is 38.5 Å². The second kappa shape index (κ2) is 7.45. The first-order valence-corrected chi connectivity index (χ1v) is 8.00. The van der Waals surface area contributed by atoms with Gasteiger partial charge in [0, 0.05) is 30.6 Å². The normalized spacial score (nSPS) is 14.0. The number of amides is 1. The van der Waals surface area contributed by atoms with Crippen LogP contribution in [0.5, 0.6) is 0 Å². The zero-order chi connectivity index (χ0) is 16.1. The molecule has 0 radical (unpaired) electrons. The minimum atomic E-state index is -0.148. The largest absolute Gasteiger partial charge is 0.394 e. The lowest BCUT2D eigenvalue weighted by atomic mass is 9.99. The maximum Gasteiger partial charge on any atom is 0.220 e. The van der Waals surface area contributed by atoms with Crippen molar-refractivity contribution < 1.29 is 9.90 Å². The summed E-state index contributed by atoms with van der Waals surface area (Å²) in [6.45, 7) is 4.11. The summed E-state index contributed by atoms with van der Waals surface area (Å²) >= 11 is 0. The first-order valence-electron chi connectivity index (χ1n) is 8.00. The number of carbonyl (C=O) groups is 1. The molecule has 0 bridgehead atoms. The Balaban J connectivity index is 1.98. The Morgan fingerprint density at radius 2 is 2.09 bits per heavy atom. The minimum absolute atomic E-state index is 0.00495. The van der Waals surface area contributed by atoms with Gasteiger partial charge in [0.25, 0.3) is 0 Å². The van der Waals surface area contributed by atoms with Crippen molar-refractivity contribution in [1.29, 1.82) is 0 Å². The van der Waals surface area contributed by atoms with E-state index in [1.807, 2.05) is 26.1 Å². The van der Waals surface area contributed by atoms with Gasteiger partial charge in [-0.05, 0) is 24.0 Å². The van der Waals surface area contributed by atoms with Crippen molar-refractivity contribution in [2.24, 2.45) is 13.0 Å². The number of rotatable bonds is 7. The Morgan fingerprint density at radius 3 is 2.77 bits per heavy atom. The van der Waals surface area contributed by atoms with Gasteiger partial charge in [-0.25, -0.2) is 0 Å². The lowest BCUT2D eigenvalue weighted by Gasteiger charge is -2.22. The van der Waals surface area contributed by atoms with Crippen LogP contribution < -0.4 is 5.32 Å². The van der Waals surface area contributed by atoms with Crippen LogP contribution >= 0.6 is 0 Å². The van der Waals surface area contributed by atoms with Gasteiger partial charge in [-0.15, -0.1) is 0 Å². The summed E-state index contributed by atoms with van der Waals surface area (Å²) in [6, 6.07) is 8.08. The van der Waals surface area contributed by atoms with E-state index in [0.717, 1.165) is 6.42 Å². The number of aliphatic hydroxyl groups is 1. The number of hydrogen-bond acceptors (Lipinski definition) is 2. The van der Waals surface area contributed by atoms with Gasteiger partial charge in [0.2, 0.25) is 5.91 Å². The molecule has 2 N–H and O–H groups in total. The molecule has 0 aliphatic heterocycles. The molecule has 22 heavy (non-hydrogen) atoms. The highest BCUT2D eigenvalue weighted by Crippen LogP contribution is 2.21. The topological polar surface area (TPSA) is 54.3 Å². The number of benzene rings is 1. The van der Waals surface area contributed by atoms with Crippen molar-refractivity contribution in [3.63, 3.8) is 0 Å². The molecular weight excluding hydrogens is 276 g/mol. The van der Waals surface area contributed by atoms with E-state index in [9.17, 15) is 9.90 Å². The molecule has 0 spiro atoms. The first kappa shape index (κ1) is 16.6. The van der Waals surface area contributed by atoms with E-state index < -0.39 is 0 Å². The second-order valence-corrected chi connectivity index (χ2v) is 6.02. The predicted octanol–water partition coefficient (Wildman–Crippen LogP) is 2.63. The Bertz CT molecular complexity index is 633. The molecule has 1 amide bonds. The van der Waals surface area contributed by atoms with E-state index in [2.05, 4.69) is 35.1 Å². The number of fused-ring (bicyclic) bond motifs is 1. The maximum absolute atomic E-state index is 12.1. The number of aliphatic hydroxyl groups excluding tert-OH is 1. The summed E-state index contributed by atoms with van der Waals surface area (Å²) in [7, 11) is 2.02. The van der Waals surface area contributed by atoms with Crippen LogP contribution in [0.2, 0.25) is 0 Å². The fourth-order valence-electron chi connectivity index (χ4n) is 2.80. The fourth-order valence-corrected chi connectivity index (χ4v) is 2.80. The van der Waals surface area contributed by atoms with E-state index in [0.29, 0.717) is 12.8 Å². The summed E-state index contributed by atoms with van der Waals surface area (Å²) in [6.07, 6.45) is 4.19. The molecule has 0 saturated heterocycles. The van der Waals surface area contributed by atoms with Crippen LogP contribution in [0.4, 0.5) is 0 Å². The number of nitrogens with zero attached hydrogens (tertiary/aromatic N) is 1. The molecule has 0 aliphatic carbocycles. The quantitative estimate of drug-likeness (QED) is 0.826. The van der Waals surface area contributed by atoms with Crippen LogP contribution in [0.25, 0.3) is 10.9 Å². The van der Waals surface area contributed by atoms with Crippen molar-refractivity contribution >= 4 is 16.8 Å². The highest BCUT2D eigenvalue weighted by molar-refractivity contribution is 5.85. The molecular formula is C18H26N2O2. The van der Waals surface area contributed by atoms with Gasteiger partial charge in [0.05, 0.1) is 12.6 Å². The smallest absolute Gasteiger partial charge is 0.220 e. The molecule has 0 saturated carbocycles. The lowest BCUT2D eigenvalue weighted by Crippen LogP contribution is -2.41. The monoisotopic (exact) mass is 302 g/mol. The van der Waals surface area contributed by atoms with Crippen LogP contribution in [-0.4, -0.2) is 28.2 Å². The van der Waals surface area contributed by atoms with Gasteiger partial charge in [0.1, 0.15) is 0 Å². The average molecular weight is 302 g/mol. The number of aromatic nitrogens is 1. The fraction of sp³-hybridized carbons (Fsp3) is 0.500. The third-order valence-corrected chi connectivity index (χ3v) is 4.47. The number of carbonyl (C=O) groups excluding carboxylic acids is 1. The Hall–Kier alpha value is -1.81. The molecule has 1 heterocycles. The van der Waals surface area contributed by atoms with Gasteiger partial charge < -0.3 is 15.0 Å². The van der Waals surface area contributed by atoms with E-state index in [1.54, 1.807) is 0 Å². The van der Waals surface area contributed by atoms with Crippen molar-refractivity contribution in [2.75, 3.05) is 6.61 Å². The van der Waals surface area contributed by atoms with Gasteiger partial charge in [-0.2, -0.15) is 0 Å². The summed E-state index contributed by atoms with van der Waals surface area (Å²) in [5.74, 6) is 0.291. The van der Waals surface area contributed by atoms with Gasteiger partial charge in [-0.3, -0.25) is 4.79 Å². The number of nitrogens with one attached hydrogen (secondary N) is 1. The number of para-hydroxylation sites is 1. The van der Waals surface area contributed by atoms with Crippen molar-refractivity contribution in [2.45, 2.75) is 39.2 Å². The van der Waals surface area contributed by atoms with Gasteiger partial charge >= 0.3 is 0 Å². The van der Waals surface area contributed by atoms with E-state index in [-0.39, 0.29) is 24.5 Å². The maximum atomic E-state index is 12.1. The number of aryl methyl sites for hydroxylation is 2. The average Bonchev–Trinajstić information content (AvgIpc) is 2.86. The predicted molar refractivity (Wildman–Crippen MR) is 89.7 cm³/mol. The summed E-state index contributed by atoms with van der Waals surface area (Å²) in [4.78, 5) is 12.1. The molecule has 4 heteroatoms. The highest BCUT2D eigenvalue weighted by Gasteiger charge is 2.17. The Labute approximate surface area is 132 Å². The molecule has 2 aromatic rings. The molecule has 2 atom stereocenters. The molecule has 1 aromatic heterocycles. The van der Waals surface area contributed by atoms with Crippen LogP contribution in [-0.2, 0) is 18.3 Å². The third kappa shape index (κ3) is 3.69. The summed E-state index contributed by atoms with van der Waals surface area (Å²) < 4.78 is 2.10. The van der Waals surface area contributed by atoms with Crippen LogP contribution in [0.1, 0.15) is 32.3 Å². The Kier molecular flexibility index (Phi) is 5.61. The number of hydrogen-bond donors (Lipinski definition) is 2. The van der Waals surface area contributed by atoms with Gasteiger partial charge in [0.15, 0.2) is 0 Å². The van der Waals surface area contributed by atoms with Crippen molar-refractivity contribution in [1.82, 2.24) is 9.88 Å². The second-order valence-electron chi connectivity index (χ2n) is 6.02. The minimum Gasteiger partial charge on any atom is -0.394 e. The molecule has 4 nitrogen and oxygen atoms in total. The van der Waals surface area contributed by atoms with Crippen LogP contribution in [0, 0.1) is 5.92 Å². The zero-order valence-corrected chi connectivity index (χ0v) is 13.7. The first-order chi connectivity index (χ1) is 10.6. The van der Waals surface area contributed by atoms with Crippen molar-refractivity contribution in [3.8, 4) is 0 Å². The highest BCUT2D eigenvalue weighted by atomic mass is 16.3.